The Morgan fingerprint density at radius 1 is 0.172 bits per heavy atom. The van der Waals surface area contributed by atoms with Crippen molar-refractivity contribution in [3.05, 3.63) is 0 Å². The van der Waals surface area contributed by atoms with Crippen molar-refractivity contribution < 1.29 is 152 Å². The highest BCUT2D eigenvalue weighted by Crippen LogP contribution is 2.21. The van der Waals surface area contributed by atoms with Crippen molar-refractivity contribution in [2.75, 3.05) is 404 Å². The van der Waals surface area contributed by atoms with E-state index in [1.807, 2.05) is 20.8 Å². The predicted octanol–water partition coefficient (Wildman–Crippen LogP) is 2.09. The summed E-state index contributed by atoms with van der Waals surface area (Å²) < 4.78 is 170. The summed E-state index contributed by atoms with van der Waals surface area (Å²) in [6, 6.07) is 0. The molecular formula is C67H134O32. The number of carbonyl (C=O) groups is 1. The van der Waals surface area contributed by atoms with E-state index < -0.39 is 5.41 Å². The van der Waals surface area contributed by atoms with E-state index in [0.717, 1.165) is 6.42 Å². The van der Waals surface area contributed by atoms with Crippen molar-refractivity contribution in [2.45, 2.75) is 27.2 Å². The summed E-state index contributed by atoms with van der Waals surface area (Å²) in [6.07, 6.45) is 0.728. The molecule has 0 heterocycles. The molecule has 0 aliphatic rings. The van der Waals surface area contributed by atoms with Crippen LogP contribution in [0.25, 0.3) is 0 Å². The fourth-order valence-electron chi connectivity index (χ4n) is 6.93. The maximum absolute atomic E-state index is 11.9. The minimum absolute atomic E-state index is 0.207. The monoisotopic (exact) mass is 1450 g/mol. The van der Waals surface area contributed by atoms with Crippen LogP contribution < -0.4 is 0 Å². The molecule has 0 aromatic carbocycles. The molecule has 0 spiro atoms. The SMILES string of the molecule is CCC(C)(C)C(=O)OCCOCCOCCOCCOCCOCCOCCOCCOCCOCCOCCOCCOCCOCCOCCOCCOCCOCCOCCOCCOCCOCCOCCOCCOCCOCCOCCOCCOCCOCCOC. The van der Waals surface area contributed by atoms with E-state index in [1.54, 1.807) is 7.11 Å². The van der Waals surface area contributed by atoms with E-state index in [-0.39, 0.29) is 12.6 Å². The quantitative estimate of drug-likeness (QED) is 0.0622. The molecule has 594 valence electrons. The minimum Gasteiger partial charge on any atom is -0.463 e. The van der Waals surface area contributed by atoms with E-state index in [1.165, 1.54) is 0 Å². The second-order valence-corrected chi connectivity index (χ2v) is 21.1. The maximum Gasteiger partial charge on any atom is 0.311 e. The Labute approximate surface area is 592 Å². The van der Waals surface area contributed by atoms with Crippen molar-refractivity contribution in [1.29, 1.82) is 0 Å². The van der Waals surface area contributed by atoms with Gasteiger partial charge >= 0.3 is 5.97 Å². The van der Waals surface area contributed by atoms with Gasteiger partial charge in [-0.25, -0.2) is 0 Å². The van der Waals surface area contributed by atoms with Gasteiger partial charge in [0.25, 0.3) is 0 Å². The Kier molecular flexibility index (Phi) is 87.1. The van der Waals surface area contributed by atoms with Gasteiger partial charge in [0.05, 0.1) is 395 Å². The first-order chi connectivity index (χ1) is 49.0. The van der Waals surface area contributed by atoms with E-state index in [4.69, 9.17) is 147 Å². The van der Waals surface area contributed by atoms with Gasteiger partial charge in [-0.2, -0.15) is 0 Å². The lowest BCUT2D eigenvalue weighted by molar-refractivity contribution is -0.155. The van der Waals surface area contributed by atoms with Gasteiger partial charge in [-0.3, -0.25) is 4.79 Å². The minimum atomic E-state index is -0.469. The zero-order valence-corrected chi connectivity index (χ0v) is 61.2. The molecule has 0 saturated carbocycles. The van der Waals surface area contributed by atoms with Gasteiger partial charge in [0.1, 0.15) is 6.61 Å². The molecule has 0 aliphatic carbocycles. The molecule has 0 rings (SSSR count). The molecule has 32 heteroatoms. The van der Waals surface area contributed by atoms with Crippen LogP contribution in [0, 0.1) is 5.41 Å². The summed E-state index contributed by atoms with van der Waals surface area (Å²) in [5.41, 5.74) is -0.469. The Balaban J connectivity index is 3.11. The summed E-state index contributed by atoms with van der Waals surface area (Å²) in [6.45, 7) is 34.6. The molecule has 0 saturated heterocycles. The highest BCUT2D eigenvalue weighted by atomic mass is 16.6. The van der Waals surface area contributed by atoms with E-state index >= 15 is 0 Å². The largest absolute Gasteiger partial charge is 0.463 e. The van der Waals surface area contributed by atoms with Gasteiger partial charge in [0.15, 0.2) is 0 Å². The van der Waals surface area contributed by atoms with Crippen LogP contribution in [0.3, 0.4) is 0 Å². The summed E-state index contributed by atoms with van der Waals surface area (Å²) in [7, 11) is 1.64. The predicted molar refractivity (Wildman–Crippen MR) is 361 cm³/mol. The molecule has 0 unspecified atom stereocenters. The third kappa shape index (κ3) is 86.8. The molecule has 0 fully saturated rings. The standard InChI is InChI=1S/C67H134O32/c1-5-67(2,3)66(68)99-65-64-98-63-62-97-61-60-96-59-58-95-57-56-94-55-54-93-53-52-92-51-50-91-49-48-90-47-46-89-45-44-88-43-42-87-41-40-86-39-38-85-37-36-84-35-34-83-33-32-82-31-30-81-29-28-80-27-26-79-25-24-78-23-22-77-21-20-76-19-18-75-17-16-74-15-14-73-13-12-72-11-10-71-9-8-70-7-6-69-4/h5-65H2,1-4H3. The third-order valence-electron chi connectivity index (χ3n) is 12.7. The Hall–Kier alpha value is -1.73. The van der Waals surface area contributed by atoms with Crippen LogP contribution in [-0.4, -0.2) is 409 Å². The van der Waals surface area contributed by atoms with Gasteiger partial charge in [0.2, 0.25) is 0 Å². The lowest BCUT2D eigenvalue weighted by Crippen LogP contribution is -2.27. The molecule has 0 amide bonds. The molecular weight excluding hydrogens is 1320 g/mol. The second-order valence-electron chi connectivity index (χ2n) is 21.1. The van der Waals surface area contributed by atoms with Crippen molar-refractivity contribution in [3.63, 3.8) is 0 Å². The number of hydrogen-bond acceptors (Lipinski definition) is 32. The van der Waals surface area contributed by atoms with E-state index in [2.05, 4.69) is 0 Å². The van der Waals surface area contributed by atoms with Crippen LogP contribution in [0.5, 0.6) is 0 Å². The van der Waals surface area contributed by atoms with Crippen molar-refractivity contribution in [1.82, 2.24) is 0 Å². The van der Waals surface area contributed by atoms with Crippen LogP contribution in [0.2, 0.25) is 0 Å². The second kappa shape index (κ2) is 88.7. The van der Waals surface area contributed by atoms with Crippen LogP contribution in [-0.2, 0) is 152 Å². The molecule has 0 aromatic rings. The molecule has 0 atom stereocenters. The van der Waals surface area contributed by atoms with Gasteiger partial charge in [-0.1, -0.05) is 6.92 Å². The van der Waals surface area contributed by atoms with Crippen molar-refractivity contribution >= 4 is 5.97 Å². The summed E-state index contributed by atoms with van der Waals surface area (Å²) in [4.78, 5) is 11.9. The average Bonchev–Trinajstić information content (AvgIpc) is 0.972. The number of hydrogen-bond donors (Lipinski definition) is 0. The fraction of sp³-hybridized carbons (Fsp3) is 0.985. The molecule has 0 N–H and O–H groups in total. The number of ether oxygens (including phenoxy) is 31. The first-order valence-corrected chi connectivity index (χ1v) is 35.4. The van der Waals surface area contributed by atoms with E-state index in [0.29, 0.717) is 390 Å². The first kappa shape index (κ1) is 97.3. The first-order valence-electron chi connectivity index (χ1n) is 35.4. The average molecular weight is 1450 g/mol. The van der Waals surface area contributed by atoms with Crippen LogP contribution in [0.15, 0.2) is 0 Å². The summed E-state index contributed by atoms with van der Waals surface area (Å²) in [5.74, 6) is -0.207. The van der Waals surface area contributed by atoms with Gasteiger partial charge in [-0.15, -0.1) is 0 Å². The lowest BCUT2D eigenvalue weighted by atomic mass is 9.91. The fourth-order valence-corrected chi connectivity index (χ4v) is 6.93. The van der Waals surface area contributed by atoms with Gasteiger partial charge in [0, 0.05) is 7.11 Å². The number of carbonyl (C=O) groups excluding carboxylic acids is 1. The Bertz CT molecular complexity index is 1480. The van der Waals surface area contributed by atoms with Gasteiger partial charge in [-0.05, 0) is 20.3 Å². The smallest absolute Gasteiger partial charge is 0.311 e. The van der Waals surface area contributed by atoms with Crippen LogP contribution >= 0.6 is 0 Å². The molecule has 0 aromatic heterocycles. The lowest BCUT2D eigenvalue weighted by Gasteiger charge is -2.20. The zero-order valence-electron chi connectivity index (χ0n) is 61.2. The van der Waals surface area contributed by atoms with Gasteiger partial charge < -0.3 is 147 Å². The molecule has 0 bridgehead atoms. The normalized spacial score (nSPS) is 11.9. The maximum atomic E-state index is 11.9. The Morgan fingerprint density at radius 2 is 0.263 bits per heavy atom. The zero-order chi connectivity index (χ0) is 71.1. The molecule has 99 heavy (non-hydrogen) atoms. The summed E-state index contributed by atoms with van der Waals surface area (Å²) >= 11 is 0. The molecule has 0 aliphatic heterocycles. The molecule has 32 nitrogen and oxygen atoms in total. The van der Waals surface area contributed by atoms with Crippen molar-refractivity contribution in [3.8, 4) is 0 Å². The van der Waals surface area contributed by atoms with E-state index in [9.17, 15) is 4.79 Å². The number of methoxy groups -OCH3 is 1. The van der Waals surface area contributed by atoms with Crippen molar-refractivity contribution in [2.24, 2.45) is 5.41 Å². The number of esters is 1. The summed E-state index contributed by atoms with van der Waals surface area (Å²) in [5, 5.41) is 0. The van der Waals surface area contributed by atoms with Crippen LogP contribution in [0.1, 0.15) is 27.2 Å². The highest BCUT2D eigenvalue weighted by Gasteiger charge is 2.26. The number of rotatable bonds is 92. The van der Waals surface area contributed by atoms with Crippen LogP contribution in [0.4, 0.5) is 0 Å². The Morgan fingerprint density at radius 3 is 0.354 bits per heavy atom. The topological polar surface area (TPSA) is 303 Å². The molecule has 0 radical (unpaired) electrons. The third-order valence-corrected chi connectivity index (χ3v) is 12.7. The highest BCUT2D eigenvalue weighted by molar-refractivity contribution is 5.75.